The van der Waals surface area contributed by atoms with Gasteiger partial charge in [-0.05, 0) is 37.3 Å². The SMILES string of the molecule is Cc1ccccc1SCC(CO)(NC(C)C)C1CC1. The van der Waals surface area contributed by atoms with Gasteiger partial charge >= 0.3 is 0 Å². The molecule has 0 spiro atoms. The van der Waals surface area contributed by atoms with Gasteiger partial charge in [-0.25, -0.2) is 0 Å². The topological polar surface area (TPSA) is 32.3 Å². The van der Waals surface area contributed by atoms with Crippen molar-refractivity contribution >= 4 is 11.8 Å². The summed E-state index contributed by atoms with van der Waals surface area (Å²) in [5.74, 6) is 1.58. The second-order valence-electron chi connectivity index (χ2n) is 5.94. The molecule has 1 saturated carbocycles. The Morgan fingerprint density at radius 1 is 1.37 bits per heavy atom. The zero-order chi connectivity index (χ0) is 13.9. The normalized spacial score (nSPS) is 18.6. The van der Waals surface area contributed by atoms with Gasteiger partial charge in [0.25, 0.3) is 0 Å². The average molecular weight is 279 g/mol. The number of nitrogens with one attached hydrogen (secondary N) is 1. The Morgan fingerprint density at radius 3 is 2.58 bits per heavy atom. The highest BCUT2D eigenvalue weighted by molar-refractivity contribution is 7.99. The predicted molar refractivity (Wildman–Crippen MR) is 82.7 cm³/mol. The highest BCUT2D eigenvalue weighted by Crippen LogP contribution is 2.42. The summed E-state index contributed by atoms with van der Waals surface area (Å²) in [6.07, 6.45) is 2.49. The minimum Gasteiger partial charge on any atom is -0.394 e. The monoisotopic (exact) mass is 279 g/mol. The molecule has 3 heteroatoms. The first-order valence-corrected chi connectivity index (χ1v) is 8.13. The maximum atomic E-state index is 9.91. The molecule has 2 nitrogen and oxygen atoms in total. The van der Waals surface area contributed by atoms with Gasteiger partial charge in [0.2, 0.25) is 0 Å². The molecule has 1 atom stereocenters. The molecular formula is C16H25NOS. The fourth-order valence-corrected chi connectivity index (χ4v) is 3.93. The molecule has 0 amide bonds. The molecule has 0 aromatic heterocycles. The zero-order valence-corrected chi connectivity index (χ0v) is 13.0. The van der Waals surface area contributed by atoms with Crippen LogP contribution in [-0.2, 0) is 0 Å². The molecule has 2 rings (SSSR count). The fraction of sp³-hybridized carbons (Fsp3) is 0.625. The number of rotatable bonds is 7. The molecular weight excluding hydrogens is 254 g/mol. The lowest BCUT2D eigenvalue weighted by Gasteiger charge is -2.35. The minimum absolute atomic E-state index is 0.110. The quantitative estimate of drug-likeness (QED) is 0.752. The summed E-state index contributed by atoms with van der Waals surface area (Å²) >= 11 is 1.87. The highest BCUT2D eigenvalue weighted by Gasteiger charge is 2.44. The number of hydrogen-bond donors (Lipinski definition) is 2. The Bertz CT molecular complexity index is 417. The first-order chi connectivity index (χ1) is 9.07. The van der Waals surface area contributed by atoms with Crippen molar-refractivity contribution in [2.24, 2.45) is 5.92 Å². The van der Waals surface area contributed by atoms with E-state index in [1.807, 2.05) is 11.8 Å². The van der Waals surface area contributed by atoms with E-state index in [1.54, 1.807) is 0 Å². The van der Waals surface area contributed by atoms with Gasteiger partial charge < -0.3 is 10.4 Å². The second kappa shape index (κ2) is 6.29. The van der Waals surface area contributed by atoms with Crippen molar-refractivity contribution in [3.63, 3.8) is 0 Å². The predicted octanol–water partition coefficient (Wildman–Crippen LogP) is 3.23. The molecule has 1 aliphatic rings. The van der Waals surface area contributed by atoms with Crippen molar-refractivity contribution in [3.05, 3.63) is 29.8 Å². The summed E-state index contributed by atoms with van der Waals surface area (Å²) in [5.41, 5.74) is 1.21. The van der Waals surface area contributed by atoms with Crippen LogP contribution in [0.1, 0.15) is 32.3 Å². The average Bonchev–Trinajstić information content (AvgIpc) is 3.20. The van der Waals surface area contributed by atoms with Crippen molar-refractivity contribution in [1.82, 2.24) is 5.32 Å². The van der Waals surface area contributed by atoms with E-state index in [-0.39, 0.29) is 12.1 Å². The van der Waals surface area contributed by atoms with Crippen molar-refractivity contribution in [3.8, 4) is 0 Å². The van der Waals surface area contributed by atoms with Crippen LogP contribution in [0, 0.1) is 12.8 Å². The van der Waals surface area contributed by atoms with Crippen LogP contribution >= 0.6 is 11.8 Å². The number of benzene rings is 1. The van der Waals surface area contributed by atoms with Gasteiger partial charge in [0.05, 0.1) is 12.1 Å². The second-order valence-corrected chi connectivity index (χ2v) is 6.96. The third-order valence-corrected chi connectivity index (χ3v) is 5.22. The van der Waals surface area contributed by atoms with E-state index in [4.69, 9.17) is 0 Å². The van der Waals surface area contributed by atoms with Gasteiger partial charge in [-0.1, -0.05) is 32.0 Å². The van der Waals surface area contributed by atoms with Gasteiger partial charge in [0.15, 0.2) is 0 Å². The zero-order valence-electron chi connectivity index (χ0n) is 12.1. The number of hydrogen-bond acceptors (Lipinski definition) is 3. The number of aliphatic hydroxyl groups is 1. The van der Waals surface area contributed by atoms with E-state index in [9.17, 15) is 5.11 Å². The van der Waals surface area contributed by atoms with Gasteiger partial charge in [-0.15, -0.1) is 11.8 Å². The first kappa shape index (κ1) is 14.9. The van der Waals surface area contributed by atoms with Crippen LogP contribution in [0.3, 0.4) is 0 Å². The molecule has 19 heavy (non-hydrogen) atoms. The Hall–Kier alpha value is -0.510. The largest absolute Gasteiger partial charge is 0.394 e. The molecule has 0 bridgehead atoms. The highest BCUT2D eigenvalue weighted by atomic mass is 32.2. The van der Waals surface area contributed by atoms with Crippen molar-refractivity contribution in [1.29, 1.82) is 0 Å². The van der Waals surface area contributed by atoms with Crippen LogP contribution in [0.25, 0.3) is 0 Å². The van der Waals surface area contributed by atoms with Gasteiger partial charge in [-0.3, -0.25) is 0 Å². The standard InChI is InChI=1S/C16H25NOS/c1-12(2)17-16(10-18,14-8-9-14)11-19-15-7-5-4-6-13(15)3/h4-7,12,14,17-18H,8-11H2,1-3H3. The molecule has 1 unspecified atom stereocenters. The smallest absolute Gasteiger partial charge is 0.0624 e. The Kier molecular flexibility index (Phi) is 4.93. The van der Waals surface area contributed by atoms with Crippen molar-refractivity contribution < 1.29 is 5.11 Å². The van der Waals surface area contributed by atoms with Crippen LogP contribution in [0.2, 0.25) is 0 Å². The van der Waals surface area contributed by atoms with Crippen LogP contribution in [-0.4, -0.2) is 29.0 Å². The summed E-state index contributed by atoms with van der Waals surface area (Å²) in [7, 11) is 0. The summed E-state index contributed by atoms with van der Waals surface area (Å²) in [6, 6.07) is 8.89. The van der Waals surface area contributed by atoms with Gasteiger partial charge in [-0.2, -0.15) is 0 Å². The molecule has 1 aromatic rings. The Labute approximate surface area is 121 Å². The molecule has 0 aliphatic heterocycles. The molecule has 106 valence electrons. The van der Waals surface area contributed by atoms with E-state index in [1.165, 1.54) is 23.3 Å². The van der Waals surface area contributed by atoms with E-state index in [2.05, 4.69) is 50.4 Å². The minimum atomic E-state index is -0.110. The van der Waals surface area contributed by atoms with E-state index < -0.39 is 0 Å². The summed E-state index contributed by atoms with van der Waals surface area (Å²) in [6.45, 7) is 6.70. The third-order valence-electron chi connectivity index (χ3n) is 3.80. The molecule has 2 N–H and O–H groups in total. The summed E-state index contributed by atoms with van der Waals surface area (Å²) < 4.78 is 0. The number of aliphatic hydroxyl groups excluding tert-OH is 1. The van der Waals surface area contributed by atoms with Crippen LogP contribution in [0.5, 0.6) is 0 Å². The molecule has 1 fully saturated rings. The van der Waals surface area contributed by atoms with Crippen molar-refractivity contribution in [2.75, 3.05) is 12.4 Å². The van der Waals surface area contributed by atoms with E-state index in [0.717, 1.165) is 5.75 Å². The lowest BCUT2D eigenvalue weighted by molar-refractivity contribution is 0.150. The molecule has 1 aliphatic carbocycles. The molecule has 0 heterocycles. The van der Waals surface area contributed by atoms with Crippen LogP contribution in [0.15, 0.2) is 29.2 Å². The van der Waals surface area contributed by atoms with E-state index in [0.29, 0.717) is 12.0 Å². The first-order valence-electron chi connectivity index (χ1n) is 7.14. The van der Waals surface area contributed by atoms with Gasteiger partial charge in [0, 0.05) is 16.7 Å². The molecule has 0 saturated heterocycles. The van der Waals surface area contributed by atoms with Crippen LogP contribution in [0.4, 0.5) is 0 Å². The van der Waals surface area contributed by atoms with Crippen molar-refractivity contribution in [2.45, 2.75) is 50.1 Å². The number of aryl methyl sites for hydroxylation is 1. The Morgan fingerprint density at radius 2 is 2.05 bits per heavy atom. The number of thioether (sulfide) groups is 1. The summed E-state index contributed by atoms with van der Waals surface area (Å²) in [5, 5.41) is 13.5. The van der Waals surface area contributed by atoms with E-state index >= 15 is 0 Å². The lowest BCUT2D eigenvalue weighted by Crippen LogP contribution is -2.55. The third kappa shape index (κ3) is 3.74. The molecule has 0 radical (unpaired) electrons. The Balaban J connectivity index is 2.06. The fourth-order valence-electron chi connectivity index (χ4n) is 2.63. The maximum Gasteiger partial charge on any atom is 0.0624 e. The van der Waals surface area contributed by atoms with Crippen LogP contribution < -0.4 is 5.32 Å². The molecule has 1 aromatic carbocycles. The lowest BCUT2D eigenvalue weighted by atomic mass is 9.95. The van der Waals surface area contributed by atoms with Gasteiger partial charge in [0.1, 0.15) is 0 Å². The summed E-state index contributed by atoms with van der Waals surface area (Å²) in [4.78, 5) is 1.33. The maximum absolute atomic E-state index is 9.91.